The summed E-state index contributed by atoms with van der Waals surface area (Å²) in [5, 5.41) is 9.55. The van der Waals surface area contributed by atoms with Gasteiger partial charge in [0.1, 0.15) is 5.82 Å². The van der Waals surface area contributed by atoms with Gasteiger partial charge in [0.25, 0.3) is 0 Å². The highest BCUT2D eigenvalue weighted by atomic mass is 35.5. The number of fused-ring (bicyclic) bond motifs is 1. The summed E-state index contributed by atoms with van der Waals surface area (Å²) in [4.78, 5) is 42.0. The number of rotatable bonds is 9. The highest BCUT2D eigenvalue weighted by Gasteiger charge is 2.37. The number of pyridine rings is 2. The summed E-state index contributed by atoms with van der Waals surface area (Å²) >= 11 is 6.18. The van der Waals surface area contributed by atoms with Crippen molar-refractivity contribution in [2.45, 2.75) is 90.9 Å². The third kappa shape index (κ3) is 7.07. The van der Waals surface area contributed by atoms with Crippen molar-refractivity contribution in [1.29, 1.82) is 0 Å². The molecule has 0 radical (unpaired) electrons. The number of carboxylic acid groups (broad SMARTS) is 1. The lowest BCUT2D eigenvalue weighted by Gasteiger charge is -2.39. The van der Waals surface area contributed by atoms with Crippen molar-refractivity contribution in [3.8, 4) is 5.69 Å². The van der Waals surface area contributed by atoms with E-state index in [1.807, 2.05) is 37.9 Å². The van der Waals surface area contributed by atoms with Crippen LogP contribution < -0.4 is 10.6 Å². The molecule has 1 aliphatic rings. The minimum Gasteiger partial charge on any atom is -0.465 e. The van der Waals surface area contributed by atoms with E-state index in [-0.39, 0.29) is 53.3 Å². The van der Waals surface area contributed by atoms with Crippen molar-refractivity contribution < 1.29 is 18.7 Å². The molecule has 4 heterocycles. The number of aryl methyl sites for hydroxylation is 1. The Bertz CT molecular complexity index is 1590. The first-order chi connectivity index (χ1) is 20.5. The molecule has 44 heavy (non-hydrogen) atoms. The Morgan fingerprint density at radius 2 is 1.91 bits per heavy atom. The predicted octanol–water partition coefficient (Wildman–Crippen LogP) is 6.62. The van der Waals surface area contributed by atoms with Crippen LogP contribution in [0.2, 0.25) is 23.3 Å². The number of aromatic nitrogens is 4. The highest BCUT2D eigenvalue weighted by Crippen LogP contribution is 2.37. The van der Waals surface area contributed by atoms with Gasteiger partial charge in [0.05, 0.1) is 16.8 Å². The number of nitrogens with zero attached hydrogens (tertiary/aromatic N) is 6. The van der Waals surface area contributed by atoms with E-state index in [9.17, 15) is 19.1 Å². The Labute approximate surface area is 264 Å². The van der Waals surface area contributed by atoms with Crippen LogP contribution in [0.4, 0.5) is 15.0 Å². The molecule has 1 amide bonds. The zero-order valence-corrected chi connectivity index (χ0v) is 28.7. The van der Waals surface area contributed by atoms with E-state index in [1.165, 1.54) is 15.5 Å². The van der Waals surface area contributed by atoms with Crippen LogP contribution in [0.15, 0.2) is 23.1 Å². The van der Waals surface area contributed by atoms with Gasteiger partial charge in [-0.2, -0.15) is 4.98 Å². The molecule has 1 saturated heterocycles. The number of piperazine rings is 1. The van der Waals surface area contributed by atoms with Crippen LogP contribution in [0.5, 0.6) is 0 Å². The Morgan fingerprint density at radius 3 is 2.52 bits per heavy atom. The molecule has 1 fully saturated rings. The third-order valence-corrected chi connectivity index (χ3v) is 13.6. The van der Waals surface area contributed by atoms with Crippen molar-refractivity contribution in [2.75, 3.05) is 31.1 Å². The Morgan fingerprint density at radius 1 is 1.20 bits per heavy atom. The van der Waals surface area contributed by atoms with Crippen molar-refractivity contribution in [1.82, 2.24) is 24.4 Å². The number of carbonyl (C=O) groups is 1. The molecule has 13 heteroatoms. The maximum Gasteiger partial charge on any atom is 0.407 e. The molecule has 0 unspecified atom stereocenters. The molecular formula is C31H44ClFN6O4Si. The largest absolute Gasteiger partial charge is 0.465 e. The quantitative estimate of drug-likeness (QED) is 0.157. The van der Waals surface area contributed by atoms with Gasteiger partial charge in [-0.1, -0.05) is 46.2 Å². The number of amides is 1. The number of unbranched alkanes of at least 4 members (excludes halogenated alkanes) is 1. The maximum absolute atomic E-state index is 14.9. The second-order valence-electron chi connectivity index (χ2n) is 13.4. The van der Waals surface area contributed by atoms with Crippen molar-refractivity contribution >= 4 is 42.9 Å². The molecule has 240 valence electrons. The summed E-state index contributed by atoms with van der Waals surface area (Å²) in [7, 11) is -1.81. The van der Waals surface area contributed by atoms with E-state index in [0.717, 1.165) is 24.8 Å². The monoisotopic (exact) mass is 646 g/mol. The molecule has 0 saturated carbocycles. The van der Waals surface area contributed by atoms with E-state index >= 15 is 0 Å². The SMILES string of the molecule is CC(C)c1ncc(CCCCO[Si](C)(C)C(C)(C)C)cc1-n1c(=O)nc(N2CCN(C(=O)O)C[C@@H]2C)c2cc(F)c(Cl)nc21. The lowest BCUT2D eigenvalue weighted by molar-refractivity contribution is 0.136. The van der Waals surface area contributed by atoms with E-state index in [0.29, 0.717) is 23.4 Å². The molecule has 0 aromatic carbocycles. The lowest BCUT2D eigenvalue weighted by atomic mass is 10.0. The van der Waals surface area contributed by atoms with Crippen LogP contribution in [0.3, 0.4) is 0 Å². The van der Waals surface area contributed by atoms with Crippen molar-refractivity contribution in [3.63, 3.8) is 0 Å². The fraction of sp³-hybridized carbons (Fsp3) is 0.581. The molecule has 0 bridgehead atoms. The smallest absolute Gasteiger partial charge is 0.407 e. The Balaban J connectivity index is 1.72. The fourth-order valence-electron chi connectivity index (χ4n) is 5.21. The van der Waals surface area contributed by atoms with Gasteiger partial charge in [-0.15, -0.1) is 0 Å². The van der Waals surface area contributed by atoms with E-state index < -0.39 is 25.9 Å². The molecule has 0 spiro atoms. The number of hydrogen-bond donors (Lipinski definition) is 1. The molecule has 1 aliphatic heterocycles. The Hall–Kier alpha value is -3.09. The van der Waals surface area contributed by atoms with E-state index in [2.05, 4.69) is 43.8 Å². The van der Waals surface area contributed by atoms with Gasteiger partial charge >= 0.3 is 11.8 Å². The van der Waals surface area contributed by atoms with Gasteiger partial charge in [-0.25, -0.2) is 23.5 Å². The zero-order chi connectivity index (χ0) is 32.6. The third-order valence-electron chi connectivity index (χ3n) is 8.80. The average Bonchev–Trinajstić information content (AvgIpc) is 2.92. The van der Waals surface area contributed by atoms with Crippen LogP contribution in [0, 0.1) is 5.82 Å². The standard InChI is InChI=1S/C31H44ClFN6O4Si/c1-19(2)25-24(15-21(17-34-25)11-9-10-14-43-44(7,8)31(4,5)6)39-28-22(16-23(33)26(32)35-28)27(36-29(39)40)38-13-12-37(30(41)42)18-20(38)3/h15-17,19-20H,9-14,18H2,1-8H3,(H,41,42)/t20-/m0/s1. The van der Waals surface area contributed by atoms with Crippen molar-refractivity contribution in [2.24, 2.45) is 0 Å². The number of halogens is 2. The lowest BCUT2D eigenvalue weighted by Crippen LogP contribution is -2.54. The maximum atomic E-state index is 14.9. The molecule has 1 atom stereocenters. The number of hydrogen-bond acceptors (Lipinski definition) is 7. The van der Waals surface area contributed by atoms with Gasteiger partial charge in [-0.3, -0.25) is 4.98 Å². The highest BCUT2D eigenvalue weighted by molar-refractivity contribution is 6.74. The minimum absolute atomic E-state index is 0.0290. The second-order valence-corrected chi connectivity index (χ2v) is 18.6. The molecule has 10 nitrogen and oxygen atoms in total. The van der Waals surface area contributed by atoms with Gasteiger partial charge < -0.3 is 19.3 Å². The minimum atomic E-state index is -1.81. The van der Waals surface area contributed by atoms with Gasteiger partial charge in [0, 0.05) is 38.5 Å². The zero-order valence-electron chi connectivity index (χ0n) is 26.9. The molecule has 1 N–H and O–H groups in total. The topological polar surface area (TPSA) is 114 Å². The first kappa shape index (κ1) is 33.8. The van der Waals surface area contributed by atoms with Crippen LogP contribution in [-0.2, 0) is 10.8 Å². The average molecular weight is 647 g/mol. The summed E-state index contributed by atoms with van der Waals surface area (Å²) in [6.07, 6.45) is 3.36. The summed E-state index contributed by atoms with van der Waals surface area (Å²) in [6.45, 7) is 18.4. The van der Waals surface area contributed by atoms with Gasteiger partial charge in [-0.05, 0) is 67.9 Å². The molecule has 3 aromatic heterocycles. The summed E-state index contributed by atoms with van der Waals surface area (Å²) < 4.78 is 22.6. The van der Waals surface area contributed by atoms with Crippen LogP contribution in [0.1, 0.15) is 71.6 Å². The first-order valence-electron chi connectivity index (χ1n) is 15.2. The fourth-order valence-corrected chi connectivity index (χ4v) is 6.43. The normalized spacial score (nSPS) is 16.3. The molecule has 0 aliphatic carbocycles. The predicted molar refractivity (Wildman–Crippen MR) is 174 cm³/mol. The Kier molecular flexibility index (Phi) is 10.1. The molecular weight excluding hydrogens is 603 g/mol. The second kappa shape index (κ2) is 13.1. The summed E-state index contributed by atoms with van der Waals surface area (Å²) in [5.41, 5.74) is 1.73. The van der Waals surface area contributed by atoms with Crippen LogP contribution >= 0.6 is 11.6 Å². The van der Waals surface area contributed by atoms with Crippen LogP contribution in [-0.4, -0.2) is 76.2 Å². The summed E-state index contributed by atoms with van der Waals surface area (Å²) in [5.74, 6) is -0.516. The van der Waals surface area contributed by atoms with E-state index in [1.54, 1.807) is 0 Å². The van der Waals surface area contributed by atoms with Gasteiger partial charge in [0.15, 0.2) is 24.9 Å². The molecule has 4 rings (SSSR count). The molecule has 3 aromatic rings. The van der Waals surface area contributed by atoms with Crippen LogP contribution in [0.25, 0.3) is 16.7 Å². The first-order valence-corrected chi connectivity index (χ1v) is 18.5. The number of anilines is 1. The van der Waals surface area contributed by atoms with Crippen molar-refractivity contribution in [3.05, 3.63) is 51.0 Å². The summed E-state index contributed by atoms with van der Waals surface area (Å²) in [6, 6.07) is 2.88. The van der Waals surface area contributed by atoms with Gasteiger partial charge in [0.2, 0.25) is 0 Å². The van der Waals surface area contributed by atoms with E-state index in [4.69, 9.17) is 21.0 Å².